The number of thioether (sulfide) groups is 1. The zero-order chi connectivity index (χ0) is 11.5. The van der Waals surface area contributed by atoms with Gasteiger partial charge in [-0.25, -0.2) is 4.98 Å². The monoisotopic (exact) mass is 262 g/mol. The summed E-state index contributed by atoms with van der Waals surface area (Å²) in [6.45, 7) is 0. The van der Waals surface area contributed by atoms with Crippen molar-refractivity contribution in [1.29, 1.82) is 0 Å². The molecule has 1 saturated heterocycles. The second-order valence-corrected chi connectivity index (χ2v) is 6.17. The van der Waals surface area contributed by atoms with Crippen LogP contribution in [0.1, 0.15) is 6.42 Å². The van der Waals surface area contributed by atoms with Gasteiger partial charge in [-0.1, -0.05) is 12.1 Å². The van der Waals surface area contributed by atoms with E-state index < -0.39 is 0 Å². The van der Waals surface area contributed by atoms with Crippen LogP contribution in [0.5, 0.6) is 0 Å². The summed E-state index contributed by atoms with van der Waals surface area (Å²) < 4.78 is 0. The third-order valence-corrected chi connectivity index (χ3v) is 4.83. The van der Waals surface area contributed by atoms with Crippen molar-refractivity contribution in [3.63, 3.8) is 0 Å². The average molecular weight is 262 g/mol. The molecule has 1 fully saturated rings. The van der Waals surface area contributed by atoms with E-state index >= 15 is 0 Å². The molecule has 1 atom stereocenters. The molecule has 2 aromatic rings. The lowest BCUT2D eigenvalue weighted by atomic mass is 10.2. The minimum Gasteiger partial charge on any atom is -0.381 e. The summed E-state index contributed by atoms with van der Waals surface area (Å²) >= 11 is 3.72. The maximum Gasteiger partial charge on any atom is 0.123 e. The molecular weight excluding hydrogens is 248 g/mol. The number of anilines is 1. The Bertz CT molecular complexity index is 476. The largest absolute Gasteiger partial charge is 0.381 e. The summed E-state index contributed by atoms with van der Waals surface area (Å²) in [6, 6.07) is 9.18. The molecule has 0 spiro atoms. The maximum atomic E-state index is 4.35. The zero-order valence-electron chi connectivity index (χ0n) is 9.43. The van der Waals surface area contributed by atoms with Gasteiger partial charge in [-0.3, -0.25) is 0 Å². The normalized spacial score (nSPS) is 19.4. The highest BCUT2D eigenvalue weighted by Gasteiger charge is 2.14. The second-order valence-electron chi connectivity index (χ2n) is 4.12. The predicted molar refractivity (Wildman–Crippen MR) is 76.9 cm³/mol. The Kier molecular flexibility index (Phi) is 3.34. The van der Waals surface area contributed by atoms with Gasteiger partial charge in [-0.05, 0) is 24.3 Å². The number of nitrogens with one attached hydrogen (secondary N) is 1. The van der Waals surface area contributed by atoms with E-state index in [2.05, 4.69) is 34.6 Å². The van der Waals surface area contributed by atoms with Crippen LogP contribution in [0, 0.1) is 0 Å². The van der Waals surface area contributed by atoms with E-state index in [1.165, 1.54) is 29.2 Å². The quantitative estimate of drug-likeness (QED) is 0.912. The lowest BCUT2D eigenvalue weighted by molar-refractivity contribution is 0.813. The first-order valence-electron chi connectivity index (χ1n) is 5.76. The number of thiazole rings is 1. The molecule has 4 heteroatoms. The van der Waals surface area contributed by atoms with Crippen LogP contribution >= 0.6 is 23.1 Å². The first-order chi connectivity index (χ1) is 8.42. The summed E-state index contributed by atoms with van der Waals surface area (Å²) in [5.41, 5.74) is 2.42. The van der Waals surface area contributed by atoms with E-state index in [0.29, 0.717) is 6.04 Å². The Morgan fingerprint density at radius 2 is 2.35 bits per heavy atom. The van der Waals surface area contributed by atoms with Gasteiger partial charge in [0.25, 0.3) is 0 Å². The molecule has 1 aliphatic heterocycles. The van der Waals surface area contributed by atoms with Crippen LogP contribution < -0.4 is 5.32 Å². The van der Waals surface area contributed by atoms with Crippen molar-refractivity contribution in [2.24, 2.45) is 0 Å². The molecule has 0 radical (unpaired) electrons. The standard InChI is InChI=1S/C13H14N2S2/c1-2-10(13-14-5-7-17-13)8-11(3-1)15-12-4-6-16-9-12/h1-3,5,7-8,12,15H,4,6,9H2. The minimum atomic E-state index is 0.631. The SMILES string of the molecule is c1cc(NC2CCSC2)cc(-c2nccs2)c1. The molecule has 17 heavy (non-hydrogen) atoms. The molecule has 1 aromatic carbocycles. The van der Waals surface area contributed by atoms with Crippen molar-refractivity contribution < 1.29 is 0 Å². The molecule has 2 nitrogen and oxygen atoms in total. The van der Waals surface area contributed by atoms with Gasteiger partial charge >= 0.3 is 0 Å². The van der Waals surface area contributed by atoms with E-state index in [-0.39, 0.29) is 0 Å². The van der Waals surface area contributed by atoms with Gasteiger partial charge in [0, 0.05) is 34.6 Å². The molecule has 88 valence electrons. The Labute approximate surface area is 109 Å². The van der Waals surface area contributed by atoms with E-state index in [9.17, 15) is 0 Å². The number of nitrogens with zero attached hydrogens (tertiary/aromatic N) is 1. The number of rotatable bonds is 3. The van der Waals surface area contributed by atoms with Crippen LogP contribution in [0.15, 0.2) is 35.8 Å². The van der Waals surface area contributed by atoms with Crippen LogP contribution in [-0.2, 0) is 0 Å². The summed E-state index contributed by atoms with van der Waals surface area (Å²) in [6.07, 6.45) is 3.12. The first-order valence-corrected chi connectivity index (χ1v) is 7.79. The Balaban J connectivity index is 1.79. The van der Waals surface area contributed by atoms with Gasteiger partial charge in [0.15, 0.2) is 0 Å². The molecule has 0 saturated carbocycles. The van der Waals surface area contributed by atoms with E-state index in [1.54, 1.807) is 11.3 Å². The van der Waals surface area contributed by atoms with Gasteiger partial charge in [0.2, 0.25) is 0 Å². The minimum absolute atomic E-state index is 0.631. The van der Waals surface area contributed by atoms with Gasteiger partial charge in [-0.2, -0.15) is 11.8 Å². The number of aromatic nitrogens is 1. The highest BCUT2D eigenvalue weighted by molar-refractivity contribution is 7.99. The van der Waals surface area contributed by atoms with Gasteiger partial charge in [0.1, 0.15) is 5.01 Å². The van der Waals surface area contributed by atoms with Crippen molar-refractivity contribution in [3.05, 3.63) is 35.8 Å². The molecular formula is C13H14N2S2. The van der Waals surface area contributed by atoms with Gasteiger partial charge in [-0.15, -0.1) is 11.3 Å². The lowest BCUT2D eigenvalue weighted by Gasteiger charge is -2.13. The highest BCUT2D eigenvalue weighted by Crippen LogP contribution is 2.26. The summed E-state index contributed by atoms with van der Waals surface area (Å²) in [7, 11) is 0. The highest BCUT2D eigenvalue weighted by atomic mass is 32.2. The molecule has 1 aliphatic rings. The number of benzene rings is 1. The van der Waals surface area contributed by atoms with Crippen LogP contribution in [0.3, 0.4) is 0 Å². The van der Waals surface area contributed by atoms with E-state index in [0.717, 1.165) is 5.01 Å². The van der Waals surface area contributed by atoms with Gasteiger partial charge < -0.3 is 5.32 Å². The fraction of sp³-hybridized carbons (Fsp3) is 0.308. The van der Waals surface area contributed by atoms with Crippen LogP contribution in [-0.4, -0.2) is 22.5 Å². The summed E-state index contributed by atoms with van der Waals surface area (Å²) in [5, 5.41) is 6.71. The van der Waals surface area contributed by atoms with Crippen molar-refractivity contribution in [2.75, 3.05) is 16.8 Å². The second kappa shape index (κ2) is 5.10. The molecule has 1 N–H and O–H groups in total. The van der Waals surface area contributed by atoms with E-state index in [1.807, 2.05) is 23.3 Å². The maximum absolute atomic E-state index is 4.35. The van der Waals surface area contributed by atoms with E-state index in [4.69, 9.17) is 0 Å². The Hall–Kier alpha value is -1.00. The summed E-state index contributed by atoms with van der Waals surface area (Å²) in [4.78, 5) is 4.35. The fourth-order valence-electron chi connectivity index (χ4n) is 1.99. The van der Waals surface area contributed by atoms with Crippen molar-refractivity contribution in [2.45, 2.75) is 12.5 Å². The van der Waals surface area contributed by atoms with Crippen molar-refractivity contribution >= 4 is 28.8 Å². The molecule has 0 aliphatic carbocycles. The Morgan fingerprint density at radius 3 is 3.12 bits per heavy atom. The Morgan fingerprint density at radius 1 is 1.35 bits per heavy atom. The topological polar surface area (TPSA) is 24.9 Å². The molecule has 1 unspecified atom stereocenters. The summed E-state index contributed by atoms with van der Waals surface area (Å²) in [5.74, 6) is 2.51. The van der Waals surface area contributed by atoms with Crippen molar-refractivity contribution in [3.8, 4) is 10.6 Å². The van der Waals surface area contributed by atoms with Crippen molar-refractivity contribution in [1.82, 2.24) is 4.98 Å². The van der Waals surface area contributed by atoms with Gasteiger partial charge in [0.05, 0.1) is 0 Å². The lowest BCUT2D eigenvalue weighted by Crippen LogP contribution is -2.17. The van der Waals surface area contributed by atoms with Crippen LogP contribution in [0.2, 0.25) is 0 Å². The molecule has 0 bridgehead atoms. The number of hydrogen-bond acceptors (Lipinski definition) is 4. The third kappa shape index (κ3) is 2.64. The van der Waals surface area contributed by atoms with Crippen LogP contribution in [0.25, 0.3) is 10.6 Å². The third-order valence-electron chi connectivity index (χ3n) is 2.84. The zero-order valence-corrected chi connectivity index (χ0v) is 11.1. The molecule has 1 aromatic heterocycles. The predicted octanol–water partition coefficient (Wildman–Crippen LogP) is 3.73. The molecule has 0 amide bonds. The number of hydrogen-bond donors (Lipinski definition) is 1. The first kappa shape index (κ1) is 11.1. The fourth-order valence-corrected chi connectivity index (χ4v) is 3.78. The molecule has 3 rings (SSSR count). The molecule has 2 heterocycles. The van der Waals surface area contributed by atoms with Crippen LogP contribution in [0.4, 0.5) is 5.69 Å². The smallest absolute Gasteiger partial charge is 0.123 e. The average Bonchev–Trinajstić information content (AvgIpc) is 3.01.